The van der Waals surface area contributed by atoms with Gasteiger partial charge in [-0.2, -0.15) is 0 Å². The van der Waals surface area contributed by atoms with E-state index >= 15 is 0 Å². The van der Waals surface area contributed by atoms with Crippen LogP contribution in [0.1, 0.15) is 0 Å². The summed E-state index contributed by atoms with van der Waals surface area (Å²) < 4.78 is 26.2. The first-order valence-corrected chi connectivity index (χ1v) is 7.75. The Morgan fingerprint density at radius 1 is 0.640 bits per heavy atom. The van der Waals surface area contributed by atoms with Crippen LogP contribution in [0.25, 0.3) is 22.0 Å². The third-order valence-corrected chi connectivity index (χ3v) is 3.91. The van der Waals surface area contributed by atoms with Gasteiger partial charge in [0, 0.05) is 22.0 Å². The van der Waals surface area contributed by atoms with Crippen LogP contribution in [0.5, 0.6) is 0 Å². The highest BCUT2D eigenvalue weighted by Gasteiger charge is 2.11. The van der Waals surface area contributed by atoms with E-state index in [1.54, 1.807) is 24.3 Å². The van der Waals surface area contributed by atoms with Crippen molar-refractivity contribution in [3.8, 4) is 11.3 Å². The van der Waals surface area contributed by atoms with Gasteiger partial charge in [-0.3, -0.25) is 0 Å². The highest BCUT2D eigenvalue weighted by molar-refractivity contribution is 6.00. The maximum Gasteiger partial charge on any atom is 0.161 e. The Labute approximate surface area is 143 Å². The number of halogens is 2. The zero-order valence-electron chi connectivity index (χ0n) is 13.1. The number of hydrogen-bond acceptors (Lipinski definition) is 3. The second-order valence-electron chi connectivity index (χ2n) is 5.58. The monoisotopic (exact) mass is 333 g/mol. The predicted molar refractivity (Wildman–Crippen MR) is 94.6 cm³/mol. The maximum atomic E-state index is 13.2. The van der Waals surface area contributed by atoms with Gasteiger partial charge < -0.3 is 5.32 Å². The minimum atomic E-state index is -0.298. The summed E-state index contributed by atoms with van der Waals surface area (Å²) in [7, 11) is 0. The SMILES string of the molecule is Fc1ccc(Nc2nnc(-c3ccc(F)cc3)c3ccccc23)cc1. The Morgan fingerprint density at radius 3 is 1.92 bits per heavy atom. The van der Waals surface area contributed by atoms with Crippen molar-refractivity contribution >= 4 is 22.3 Å². The normalized spacial score (nSPS) is 10.8. The smallest absolute Gasteiger partial charge is 0.161 e. The third-order valence-electron chi connectivity index (χ3n) is 3.91. The molecule has 0 aliphatic heterocycles. The van der Waals surface area contributed by atoms with Gasteiger partial charge in [-0.1, -0.05) is 24.3 Å². The highest BCUT2D eigenvalue weighted by Crippen LogP contribution is 2.31. The van der Waals surface area contributed by atoms with Gasteiger partial charge in [-0.25, -0.2) is 8.78 Å². The second-order valence-corrected chi connectivity index (χ2v) is 5.58. The quantitative estimate of drug-likeness (QED) is 0.551. The van der Waals surface area contributed by atoms with E-state index in [1.807, 2.05) is 24.3 Å². The van der Waals surface area contributed by atoms with E-state index < -0.39 is 0 Å². The lowest BCUT2D eigenvalue weighted by Crippen LogP contribution is -1.99. The lowest BCUT2D eigenvalue weighted by atomic mass is 10.0. The molecule has 0 amide bonds. The van der Waals surface area contributed by atoms with Gasteiger partial charge in [0.2, 0.25) is 0 Å². The Balaban J connectivity index is 1.81. The molecule has 0 unspecified atom stereocenters. The number of rotatable bonds is 3. The molecule has 1 heterocycles. The number of benzene rings is 3. The fraction of sp³-hybridized carbons (Fsp3) is 0. The minimum Gasteiger partial charge on any atom is -0.338 e. The van der Waals surface area contributed by atoms with Gasteiger partial charge in [-0.15, -0.1) is 10.2 Å². The molecule has 4 rings (SSSR count). The van der Waals surface area contributed by atoms with Crippen molar-refractivity contribution in [3.63, 3.8) is 0 Å². The van der Waals surface area contributed by atoms with E-state index in [2.05, 4.69) is 15.5 Å². The van der Waals surface area contributed by atoms with Crippen LogP contribution in [-0.2, 0) is 0 Å². The molecular formula is C20H13F2N3. The van der Waals surface area contributed by atoms with Crippen molar-refractivity contribution in [3.05, 3.63) is 84.4 Å². The van der Waals surface area contributed by atoms with Gasteiger partial charge in [0.15, 0.2) is 5.82 Å². The molecule has 4 aromatic rings. The van der Waals surface area contributed by atoms with Crippen molar-refractivity contribution < 1.29 is 8.78 Å². The summed E-state index contributed by atoms with van der Waals surface area (Å²) in [5.41, 5.74) is 2.19. The molecule has 25 heavy (non-hydrogen) atoms. The molecule has 0 saturated carbocycles. The van der Waals surface area contributed by atoms with Crippen molar-refractivity contribution in [2.45, 2.75) is 0 Å². The van der Waals surface area contributed by atoms with E-state index in [9.17, 15) is 8.78 Å². The van der Waals surface area contributed by atoms with Crippen molar-refractivity contribution in [2.24, 2.45) is 0 Å². The van der Waals surface area contributed by atoms with Crippen LogP contribution in [0.15, 0.2) is 72.8 Å². The molecule has 0 atom stereocenters. The van der Waals surface area contributed by atoms with Crippen molar-refractivity contribution in [1.29, 1.82) is 0 Å². The van der Waals surface area contributed by atoms with Crippen molar-refractivity contribution in [1.82, 2.24) is 10.2 Å². The van der Waals surface area contributed by atoms with E-state index in [4.69, 9.17) is 0 Å². The van der Waals surface area contributed by atoms with Crippen LogP contribution in [0.2, 0.25) is 0 Å². The number of nitrogens with zero attached hydrogens (tertiary/aromatic N) is 2. The van der Waals surface area contributed by atoms with E-state index in [0.29, 0.717) is 11.5 Å². The zero-order chi connectivity index (χ0) is 17.2. The predicted octanol–water partition coefficient (Wildman–Crippen LogP) is 5.32. The van der Waals surface area contributed by atoms with E-state index in [-0.39, 0.29) is 11.6 Å². The summed E-state index contributed by atoms with van der Waals surface area (Å²) in [6, 6.07) is 19.9. The summed E-state index contributed by atoms with van der Waals surface area (Å²) in [5.74, 6) is -0.0168. The summed E-state index contributed by atoms with van der Waals surface area (Å²) in [5, 5.41) is 13.5. The third kappa shape index (κ3) is 3.04. The Bertz CT molecular complexity index is 1030. The summed E-state index contributed by atoms with van der Waals surface area (Å²) in [6.07, 6.45) is 0. The molecule has 0 saturated heterocycles. The molecule has 0 fully saturated rings. The zero-order valence-corrected chi connectivity index (χ0v) is 13.1. The number of nitrogens with one attached hydrogen (secondary N) is 1. The Hall–Kier alpha value is -3.34. The average Bonchev–Trinajstić information content (AvgIpc) is 2.65. The molecule has 5 heteroatoms. The van der Waals surface area contributed by atoms with Gasteiger partial charge in [0.1, 0.15) is 17.3 Å². The molecule has 0 bridgehead atoms. The first-order chi connectivity index (χ1) is 12.2. The lowest BCUT2D eigenvalue weighted by molar-refractivity contribution is 0.627. The maximum absolute atomic E-state index is 13.2. The van der Waals surface area contributed by atoms with Crippen LogP contribution >= 0.6 is 0 Å². The number of anilines is 2. The average molecular weight is 333 g/mol. The topological polar surface area (TPSA) is 37.8 Å². The van der Waals surface area contributed by atoms with E-state index in [0.717, 1.165) is 22.0 Å². The Kier molecular flexibility index (Phi) is 3.82. The van der Waals surface area contributed by atoms with Crippen LogP contribution in [0.3, 0.4) is 0 Å². The Morgan fingerprint density at radius 2 is 1.24 bits per heavy atom. The molecule has 1 aromatic heterocycles. The molecule has 0 spiro atoms. The number of hydrogen-bond donors (Lipinski definition) is 1. The summed E-state index contributed by atoms with van der Waals surface area (Å²) in [4.78, 5) is 0. The van der Waals surface area contributed by atoms with Gasteiger partial charge >= 0.3 is 0 Å². The fourth-order valence-electron chi connectivity index (χ4n) is 2.69. The summed E-state index contributed by atoms with van der Waals surface area (Å²) in [6.45, 7) is 0. The molecule has 1 N–H and O–H groups in total. The van der Waals surface area contributed by atoms with E-state index in [1.165, 1.54) is 24.3 Å². The molecule has 0 aliphatic rings. The first kappa shape index (κ1) is 15.2. The minimum absolute atomic E-state index is 0.296. The standard InChI is InChI=1S/C20H13F2N3/c21-14-7-5-13(6-8-14)19-17-3-1-2-4-18(17)20(25-24-19)23-16-11-9-15(22)10-12-16/h1-12H,(H,23,25). The van der Waals surface area contributed by atoms with Crippen LogP contribution in [0, 0.1) is 11.6 Å². The van der Waals surface area contributed by atoms with Gasteiger partial charge in [0.05, 0.1) is 0 Å². The molecule has 0 radical (unpaired) electrons. The molecule has 122 valence electrons. The van der Waals surface area contributed by atoms with Crippen molar-refractivity contribution in [2.75, 3.05) is 5.32 Å². The first-order valence-electron chi connectivity index (χ1n) is 7.75. The van der Waals surface area contributed by atoms with Crippen LogP contribution in [0.4, 0.5) is 20.3 Å². The van der Waals surface area contributed by atoms with Crippen LogP contribution in [-0.4, -0.2) is 10.2 Å². The molecular weight excluding hydrogens is 320 g/mol. The number of fused-ring (bicyclic) bond motifs is 1. The van der Waals surface area contributed by atoms with Crippen LogP contribution < -0.4 is 5.32 Å². The summed E-state index contributed by atoms with van der Waals surface area (Å²) >= 11 is 0. The largest absolute Gasteiger partial charge is 0.338 e. The lowest BCUT2D eigenvalue weighted by Gasteiger charge is -2.11. The second kappa shape index (κ2) is 6.28. The highest BCUT2D eigenvalue weighted by atomic mass is 19.1. The van der Waals surface area contributed by atoms with Gasteiger partial charge in [0.25, 0.3) is 0 Å². The fourth-order valence-corrected chi connectivity index (χ4v) is 2.69. The number of aromatic nitrogens is 2. The molecule has 3 aromatic carbocycles. The molecule has 0 aliphatic carbocycles. The van der Waals surface area contributed by atoms with Gasteiger partial charge in [-0.05, 0) is 48.5 Å². The molecule has 3 nitrogen and oxygen atoms in total.